The third-order valence-corrected chi connectivity index (χ3v) is 6.52. The molecular formula is C29H30FN5O. The Morgan fingerprint density at radius 2 is 1.56 bits per heavy atom. The van der Waals surface area contributed by atoms with Crippen LogP contribution in [-0.2, 0) is 6.54 Å². The first-order chi connectivity index (χ1) is 17.4. The molecule has 1 amide bonds. The van der Waals surface area contributed by atoms with E-state index in [1.165, 1.54) is 12.1 Å². The number of aromatic nitrogens is 2. The van der Waals surface area contributed by atoms with Crippen LogP contribution in [0.1, 0.15) is 15.9 Å². The van der Waals surface area contributed by atoms with Gasteiger partial charge in [0, 0.05) is 49.4 Å². The first-order valence-corrected chi connectivity index (χ1v) is 12.2. The summed E-state index contributed by atoms with van der Waals surface area (Å²) in [4.78, 5) is 29.4. The minimum Gasteiger partial charge on any atom is -0.336 e. The van der Waals surface area contributed by atoms with E-state index in [1.807, 2.05) is 49.3 Å². The molecule has 2 heterocycles. The molecule has 36 heavy (non-hydrogen) atoms. The third kappa shape index (κ3) is 5.12. The maximum atomic E-state index is 13.7. The van der Waals surface area contributed by atoms with Crippen LogP contribution in [0, 0.1) is 5.82 Å². The van der Waals surface area contributed by atoms with E-state index in [1.54, 1.807) is 12.1 Å². The van der Waals surface area contributed by atoms with Crippen molar-refractivity contribution in [3.8, 4) is 22.5 Å². The van der Waals surface area contributed by atoms with E-state index in [2.05, 4.69) is 29.0 Å². The van der Waals surface area contributed by atoms with Crippen molar-refractivity contribution in [3.63, 3.8) is 0 Å². The second-order valence-corrected chi connectivity index (χ2v) is 9.66. The molecule has 1 saturated heterocycles. The van der Waals surface area contributed by atoms with Gasteiger partial charge in [-0.15, -0.1) is 0 Å². The monoisotopic (exact) mass is 483 g/mol. The van der Waals surface area contributed by atoms with Crippen molar-refractivity contribution in [3.05, 3.63) is 83.7 Å². The van der Waals surface area contributed by atoms with E-state index in [-0.39, 0.29) is 11.7 Å². The predicted octanol–water partition coefficient (Wildman–Crippen LogP) is 4.55. The number of benzene rings is 3. The van der Waals surface area contributed by atoms with E-state index in [9.17, 15) is 9.18 Å². The minimum absolute atomic E-state index is 0.00981. The lowest BCUT2D eigenvalue weighted by Crippen LogP contribution is -2.47. The molecule has 3 aromatic carbocycles. The van der Waals surface area contributed by atoms with E-state index in [0.717, 1.165) is 42.0 Å². The van der Waals surface area contributed by atoms with Crippen LogP contribution in [0.15, 0.2) is 66.7 Å². The lowest BCUT2D eigenvalue weighted by molar-refractivity contribution is 0.0664. The Hall–Kier alpha value is -3.68. The number of hydrogen-bond acceptors (Lipinski definition) is 5. The lowest BCUT2D eigenvalue weighted by Gasteiger charge is -2.32. The van der Waals surface area contributed by atoms with Gasteiger partial charge >= 0.3 is 0 Å². The van der Waals surface area contributed by atoms with Gasteiger partial charge in [-0.3, -0.25) is 4.79 Å². The molecule has 184 valence electrons. The molecular weight excluding hydrogens is 453 g/mol. The van der Waals surface area contributed by atoms with E-state index >= 15 is 0 Å². The normalized spacial score (nSPS) is 14.5. The van der Waals surface area contributed by atoms with Gasteiger partial charge in [0.1, 0.15) is 5.82 Å². The predicted molar refractivity (Wildman–Crippen MR) is 141 cm³/mol. The largest absolute Gasteiger partial charge is 0.336 e. The molecule has 1 aliphatic rings. The fourth-order valence-corrected chi connectivity index (χ4v) is 4.57. The molecule has 4 aromatic rings. The minimum atomic E-state index is -0.304. The maximum Gasteiger partial charge on any atom is 0.254 e. The summed E-state index contributed by atoms with van der Waals surface area (Å²) in [6.45, 7) is 3.96. The molecule has 0 spiro atoms. The van der Waals surface area contributed by atoms with Gasteiger partial charge < -0.3 is 14.7 Å². The molecule has 1 aliphatic heterocycles. The zero-order valence-corrected chi connectivity index (χ0v) is 20.9. The van der Waals surface area contributed by atoms with Crippen molar-refractivity contribution >= 4 is 16.9 Å². The van der Waals surface area contributed by atoms with Gasteiger partial charge in [0.25, 0.3) is 5.91 Å². The molecule has 1 fully saturated rings. The van der Waals surface area contributed by atoms with Crippen LogP contribution in [0.4, 0.5) is 4.39 Å². The highest BCUT2D eigenvalue weighted by Crippen LogP contribution is 2.32. The van der Waals surface area contributed by atoms with Gasteiger partial charge in [0.05, 0.1) is 22.4 Å². The average Bonchev–Trinajstić information content (AvgIpc) is 2.88. The fraction of sp³-hybridized carbons (Fsp3) is 0.276. The summed E-state index contributed by atoms with van der Waals surface area (Å²) in [7, 11) is 6.14. The highest BCUT2D eigenvalue weighted by atomic mass is 19.1. The Kier molecular flexibility index (Phi) is 6.76. The molecule has 1 aromatic heterocycles. The van der Waals surface area contributed by atoms with Crippen LogP contribution in [0.5, 0.6) is 0 Å². The van der Waals surface area contributed by atoms with Crippen LogP contribution in [-0.4, -0.2) is 77.9 Å². The summed E-state index contributed by atoms with van der Waals surface area (Å²) < 4.78 is 13.7. The van der Waals surface area contributed by atoms with Crippen molar-refractivity contribution in [1.82, 2.24) is 24.7 Å². The van der Waals surface area contributed by atoms with Crippen molar-refractivity contribution in [2.45, 2.75) is 6.54 Å². The van der Waals surface area contributed by atoms with Gasteiger partial charge in [0.15, 0.2) is 0 Å². The van der Waals surface area contributed by atoms with Crippen molar-refractivity contribution in [2.24, 2.45) is 0 Å². The number of fused-ring (bicyclic) bond motifs is 1. The van der Waals surface area contributed by atoms with E-state index < -0.39 is 0 Å². The topological polar surface area (TPSA) is 52.6 Å². The van der Waals surface area contributed by atoms with Gasteiger partial charge in [-0.2, -0.15) is 0 Å². The van der Waals surface area contributed by atoms with Crippen LogP contribution in [0.2, 0.25) is 0 Å². The molecule has 6 nitrogen and oxygen atoms in total. The van der Waals surface area contributed by atoms with Gasteiger partial charge in [-0.05, 0) is 75.2 Å². The fourth-order valence-electron chi connectivity index (χ4n) is 4.57. The smallest absolute Gasteiger partial charge is 0.254 e. The second-order valence-electron chi connectivity index (χ2n) is 9.66. The van der Waals surface area contributed by atoms with Gasteiger partial charge in [0.2, 0.25) is 0 Å². The first-order valence-electron chi connectivity index (χ1n) is 12.2. The Morgan fingerprint density at radius 3 is 2.28 bits per heavy atom. The maximum absolute atomic E-state index is 13.7. The zero-order valence-electron chi connectivity index (χ0n) is 20.9. The Balaban J connectivity index is 1.60. The Bertz CT molecular complexity index is 1390. The number of piperazine rings is 1. The van der Waals surface area contributed by atoms with Crippen molar-refractivity contribution < 1.29 is 9.18 Å². The molecule has 0 N–H and O–H groups in total. The molecule has 0 atom stereocenters. The number of hydrogen-bond donors (Lipinski definition) is 0. The Labute approximate surface area is 211 Å². The third-order valence-electron chi connectivity index (χ3n) is 6.52. The summed E-state index contributed by atoms with van der Waals surface area (Å²) in [6, 6.07) is 20.1. The quantitative estimate of drug-likeness (QED) is 0.417. The number of carbonyl (C=O) groups is 1. The SMILES string of the molecule is CN(C)Cc1cccc(-c2nc3ccc(C(=O)N4CCN(C)CC4)cc3nc2-c2ccc(F)cc2)c1. The summed E-state index contributed by atoms with van der Waals surface area (Å²) in [5.74, 6) is -0.294. The molecule has 0 aliphatic carbocycles. The van der Waals surface area contributed by atoms with Gasteiger partial charge in [-0.1, -0.05) is 18.2 Å². The molecule has 0 unspecified atom stereocenters. The average molecular weight is 484 g/mol. The standard InChI is InChI=1S/C29H30FN5O/c1-33(2)19-20-5-4-6-22(17-20)28-27(21-7-10-24(30)11-8-21)32-26-18-23(9-12-25(26)31-28)29(36)35-15-13-34(3)14-16-35/h4-12,17-18H,13-16,19H2,1-3H3. The molecule has 0 saturated carbocycles. The number of carbonyl (C=O) groups excluding carboxylic acids is 1. The number of rotatable bonds is 5. The lowest BCUT2D eigenvalue weighted by atomic mass is 10.0. The van der Waals surface area contributed by atoms with E-state index in [4.69, 9.17) is 9.97 Å². The van der Waals surface area contributed by atoms with E-state index in [0.29, 0.717) is 35.4 Å². The molecule has 0 bridgehead atoms. The van der Waals surface area contributed by atoms with Gasteiger partial charge in [-0.25, -0.2) is 14.4 Å². The summed E-state index contributed by atoms with van der Waals surface area (Å²) >= 11 is 0. The number of halogens is 1. The first kappa shape index (κ1) is 24.0. The molecule has 5 rings (SSSR count). The van der Waals surface area contributed by atoms with Crippen LogP contribution >= 0.6 is 0 Å². The number of nitrogens with zero attached hydrogens (tertiary/aromatic N) is 5. The highest BCUT2D eigenvalue weighted by Gasteiger charge is 2.21. The van der Waals surface area contributed by atoms with Crippen molar-refractivity contribution in [2.75, 3.05) is 47.3 Å². The zero-order chi connectivity index (χ0) is 25.2. The Morgan fingerprint density at radius 1 is 0.861 bits per heavy atom. The summed E-state index contributed by atoms with van der Waals surface area (Å²) in [6.07, 6.45) is 0. The van der Waals surface area contributed by atoms with Crippen LogP contribution < -0.4 is 0 Å². The van der Waals surface area contributed by atoms with Crippen LogP contribution in [0.25, 0.3) is 33.5 Å². The second kappa shape index (κ2) is 10.1. The molecule has 0 radical (unpaired) electrons. The summed E-state index contributed by atoms with van der Waals surface area (Å²) in [5.41, 5.74) is 6.23. The number of amides is 1. The van der Waals surface area contributed by atoms with Crippen LogP contribution in [0.3, 0.4) is 0 Å². The number of likely N-dealkylation sites (N-methyl/N-ethyl adjacent to an activating group) is 1. The van der Waals surface area contributed by atoms with Crippen molar-refractivity contribution in [1.29, 1.82) is 0 Å². The summed E-state index contributed by atoms with van der Waals surface area (Å²) in [5, 5.41) is 0. The molecule has 7 heteroatoms. The highest BCUT2D eigenvalue weighted by molar-refractivity contribution is 5.98.